The van der Waals surface area contributed by atoms with Crippen molar-refractivity contribution in [2.45, 2.75) is 126 Å². The second-order valence-electron chi connectivity index (χ2n) is 18.0. The van der Waals surface area contributed by atoms with Gasteiger partial charge in [-0.05, 0) is 87.3 Å². The molecule has 21 nitrogen and oxygen atoms in total. The monoisotopic (exact) mass is 943 g/mol. The number of amides is 6. The van der Waals surface area contributed by atoms with Crippen LogP contribution in [-0.2, 0) is 46.4 Å². The number of fused-ring (bicyclic) bond motifs is 2. The Kier molecular flexibility index (Phi) is 18.3. The van der Waals surface area contributed by atoms with E-state index in [1.165, 1.54) is 4.90 Å². The maximum atomic E-state index is 14.7. The first-order valence-electron chi connectivity index (χ1n) is 23.4. The summed E-state index contributed by atoms with van der Waals surface area (Å²) in [5, 5.41) is 58.6. The van der Waals surface area contributed by atoms with Crippen molar-refractivity contribution in [1.29, 1.82) is 5.41 Å². The minimum Gasteiger partial charge on any atom is -0.480 e. The summed E-state index contributed by atoms with van der Waals surface area (Å²) in [6.45, 7) is -0.636. The SMILES string of the molecule is N=C(N)NCCC[C@@H]1NC(=O)[C@H](Cc2c[nH]c3ccccc23)NC(=O)[C@@H](C[C@H]2CC[C@@H](O)CC2)NC(=O)[C@@H]2C[C@@H](O)CN2C(=O)[C@@H](NC(=O)C(Cc2ccccc2)NCC(=O)O)CCCNC1=O. The highest BCUT2D eigenvalue weighted by molar-refractivity contribution is 5.97. The van der Waals surface area contributed by atoms with Crippen molar-refractivity contribution in [3.63, 3.8) is 0 Å². The minimum atomic E-state index is -1.31. The van der Waals surface area contributed by atoms with E-state index < -0.39 is 96.4 Å². The van der Waals surface area contributed by atoms with Crippen LogP contribution in [0.1, 0.15) is 75.3 Å². The number of aromatic nitrogens is 1. The van der Waals surface area contributed by atoms with Gasteiger partial charge >= 0.3 is 5.97 Å². The average Bonchev–Trinajstić information content (AvgIpc) is 3.92. The number of aliphatic hydroxyl groups is 2. The molecule has 3 heterocycles. The zero-order valence-electron chi connectivity index (χ0n) is 38.0. The molecule has 0 spiro atoms. The summed E-state index contributed by atoms with van der Waals surface area (Å²) in [5.41, 5.74) is 7.71. The van der Waals surface area contributed by atoms with Gasteiger partial charge in [-0.1, -0.05) is 48.5 Å². The van der Waals surface area contributed by atoms with E-state index in [1.54, 1.807) is 36.5 Å². The highest BCUT2D eigenvalue weighted by Gasteiger charge is 2.43. The number of hydrogen-bond donors (Lipinski definition) is 13. The summed E-state index contributed by atoms with van der Waals surface area (Å²) >= 11 is 0. The first-order chi connectivity index (χ1) is 32.6. The zero-order chi connectivity index (χ0) is 48.7. The first-order valence-corrected chi connectivity index (χ1v) is 23.4. The van der Waals surface area contributed by atoms with E-state index >= 15 is 0 Å². The van der Waals surface area contributed by atoms with Crippen molar-refractivity contribution in [3.8, 4) is 0 Å². The van der Waals surface area contributed by atoms with Crippen LogP contribution in [0.3, 0.4) is 0 Å². The number of carbonyl (C=O) groups is 7. The summed E-state index contributed by atoms with van der Waals surface area (Å²) < 4.78 is 0. The number of nitrogens with one attached hydrogen (secondary N) is 9. The topological polar surface area (TPSA) is 333 Å². The Hall–Kier alpha value is -6.58. The second-order valence-corrected chi connectivity index (χ2v) is 18.0. The minimum absolute atomic E-state index is 0.000341. The molecule has 68 heavy (non-hydrogen) atoms. The van der Waals surface area contributed by atoms with E-state index in [0.717, 1.165) is 16.5 Å². The number of hydrogen-bond acceptors (Lipinski definition) is 11. The van der Waals surface area contributed by atoms with Gasteiger partial charge in [0.2, 0.25) is 35.4 Å². The number of aliphatic carboxylic acids is 1. The lowest BCUT2D eigenvalue weighted by atomic mass is 9.83. The van der Waals surface area contributed by atoms with Gasteiger partial charge in [-0.3, -0.25) is 44.3 Å². The second kappa shape index (κ2) is 24.4. The van der Waals surface area contributed by atoms with Gasteiger partial charge in [0.15, 0.2) is 5.96 Å². The third-order valence-corrected chi connectivity index (χ3v) is 12.9. The van der Waals surface area contributed by atoms with E-state index in [-0.39, 0.29) is 76.5 Å². The number of nitrogens with two attached hydrogens (primary N) is 1. The number of para-hydroxylation sites is 1. The molecule has 0 bridgehead atoms. The molecular formula is C47H65N11O10. The molecule has 3 fully saturated rings. The number of benzene rings is 2. The van der Waals surface area contributed by atoms with E-state index in [2.05, 4.69) is 42.2 Å². The molecule has 1 unspecified atom stereocenters. The number of carboxylic acids is 1. The number of carboxylic acid groups (broad SMARTS) is 1. The van der Waals surface area contributed by atoms with Gasteiger partial charge in [0.05, 0.1) is 24.8 Å². The number of carbonyl (C=O) groups excluding carboxylic acids is 6. The van der Waals surface area contributed by atoms with Crippen LogP contribution in [-0.4, -0.2) is 147 Å². The van der Waals surface area contributed by atoms with E-state index in [1.807, 2.05) is 24.3 Å². The summed E-state index contributed by atoms with van der Waals surface area (Å²) in [4.78, 5) is 102. The van der Waals surface area contributed by atoms with Crippen molar-refractivity contribution in [2.24, 2.45) is 11.7 Å². The molecule has 1 aromatic heterocycles. The molecule has 3 aromatic rings. The van der Waals surface area contributed by atoms with Gasteiger partial charge in [0.25, 0.3) is 0 Å². The number of guanidine groups is 1. The molecule has 14 N–H and O–H groups in total. The molecule has 6 rings (SSSR count). The number of rotatable bonds is 15. The number of H-pyrrole nitrogens is 1. The van der Waals surface area contributed by atoms with Crippen LogP contribution in [0.4, 0.5) is 0 Å². The lowest BCUT2D eigenvalue weighted by Crippen LogP contribution is -2.60. The third kappa shape index (κ3) is 14.5. The summed E-state index contributed by atoms with van der Waals surface area (Å²) in [5.74, 6) is -5.65. The van der Waals surface area contributed by atoms with Crippen LogP contribution in [0, 0.1) is 11.3 Å². The molecule has 1 aliphatic carbocycles. The van der Waals surface area contributed by atoms with Gasteiger partial charge in [-0.2, -0.15) is 0 Å². The van der Waals surface area contributed by atoms with Crippen LogP contribution < -0.4 is 43.0 Å². The zero-order valence-corrected chi connectivity index (χ0v) is 38.0. The standard InChI is InChI=1S/C47H65N11O10/c48-47(49)51-19-6-12-34-41(63)50-18-7-13-35(55-42(64)36(53-25-40(61)62)20-27-8-2-1-3-9-27)46(68)58-26-31(60)23-39(58)45(67)57-37(21-28-14-16-30(59)17-15-28)43(65)56-38(44(66)54-34)22-29-24-52-33-11-5-4-10-32(29)33/h1-5,8-11,24,28,30-31,34-39,52-53,59-60H,6-7,12-23,25-26H2,(H,50,63)(H,54,66)(H,55,64)(H,56,65)(H,57,67)(H,61,62)(H4,48,49,51)/t28-,30+,31-,34+,35+,36?,37-,38+,39+/m1/s1. The van der Waals surface area contributed by atoms with E-state index in [9.17, 15) is 48.9 Å². The molecule has 2 aromatic carbocycles. The summed E-state index contributed by atoms with van der Waals surface area (Å²) in [6.07, 6.45) is 2.70. The molecule has 2 aliphatic heterocycles. The molecule has 21 heteroatoms. The van der Waals surface area contributed by atoms with Gasteiger partial charge in [0, 0.05) is 49.6 Å². The van der Waals surface area contributed by atoms with E-state index in [0.29, 0.717) is 37.7 Å². The van der Waals surface area contributed by atoms with Gasteiger partial charge < -0.3 is 62.8 Å². The Morgan fingerprint density at radius 1 is 0.838 bits per heavy atom. The van der Waals surface area contributed by atoms with Crippen LogP contribution in [0.25, 0.3) is 10.9 Å². The first kappa shape index (κ1) is 50.8. The molecular weight excluding hydrogens is 879 g/mol. The number of nitrogens with zero attached hydrogens (tertiary/aromatic N) is 1. The largest absolute Gasteiger partial charge is 0.480 e. The van der Waals surface area contributed by atoms with Crippen molar-refractivity contribution in [2.75, 3.05) is 26.2 Å². The molecule has 1 saturated carbocycles. The van der Waals surface area contributed by atoms with Crippen LogP contribution in [0.5, 0.6) is 0 Å². The van der Waals surface area contributed by atoms with Crippen LogP contribution >= 0.6 is 0 Å². The normalized spacial score (nSPS) is 26.0. The predicted octanol–water partition coefficient (Wildman–Crippen LogP) is -0.989. The smallest absolute Gasteiger partial charge is 0.317 e. The fraction of sp³-hybridized carbons (Fsp3) is 0.532. The Bertz CT molecular complexity index is 2250. The molecule has 6 amide bonds. The third-order valence-electron chi connectivity index (χ3n) is 12.9. The fourth-order valence-corrected chi connectivity index (χ4v) is 9.28. The van der Waals surface area contributed by atoms with Crippen molar-refractivity contribution < 1.29 is 48.9 Å². The molecule has 7 atom stereocenters. The molecule has 3 aliphatic rings. The predicted molar refractivity (Wildman–Crippen MR) is 249 cm³/mol. The van der Waals surface area contributed by atoms with Crippen molar-refractivity contribution >= 4 is 58.3 Å². The Labute approximate surface area is 394 Å². The van der Waals surface area contributed by atoms with Gasteiger partial charge in [-0.25, -0.2) is 0 Å². The van der Waals surface area contributed by atoms with Gasteiger partial charge in [-0.15, -0.1) is 0 Å². The average molecular weight is 944 g/mol. The van der Waals surface area contributed by atoms with Crippen LogP contribution in [0.2, 0.25) is 0 Å². The number of aromatic amines is 1. The van der Waals surface area contributed by atoms with Crippen molar-refractivity contribution in [1.82, 2.24) is 47.1 Å². The van der Waals surface area contributed by atoms with Crippen LogP contribution in [0.15, 0.2) is 60.8 Å². The summed E-state index contributed by atoms with van der Waals surface area (Å²) in [6, 6.07) is 9.02. The Morgan fingerprint density at radius 2 is 1.53 bits per heavy atom. The molecule has 2 saturated heterocycles. The fourth-order valence-electron chi connectivity index (χ4n) is 9.28. The van der Waals surface area contributed by atoms with E-state index in [4.69, 9.17) is 11.1 Å². The maximum absolute atomic E-state index is 14.7. The molecule has 368 valence electrons. The Balaban J connectivity index is 1.33. The highest BCUT2D eigenvalue weighted by atomic mass is 16.4. The Morgan fingerprint density at radius 3 is 2.26 bits per heavy atom. The van der Waals surface area contributed by atoms with Gasteiger partial charge in [0.1, 0.15) is 30.2 Å². The maximum Gasteiger partial charge on any atom is 0.317 e. The van der Waals surface area contributed by atoms with Crippen molar-refractivity contribution in [3.05, 3.63) is 71.9 Å². The lowest BCUT2D eigenvalue weighted by Gasteiger charge is -2.33. The number of aliphatic hydroxyl groups excluding tert-OH is 2. The summed E-state index contributed by atoms with van der Waals surface area (Å²) in [7, 11) is 0. The quantitative estimate of drug-likeness (QED) is 0.0496. The molecule has 0 radical (unpaired) electrons. The lowest BCUT2D eigenvalue weighted by molar-refractivity contribution is -0.143. The highest BCUT2D eigenvalue weighted by Crippen LogP contribution is 2.29.